The Morgan fingerprint density at radius 2 is 1.04 bits per heavy atom. The van der Waals surface area contributed by atoms with Crippen LogP contribution in [0.1, 0.15) is 0 Å². The van der Waals surface area contributed by atoms with Gasteiger partial charge in [0.2, 0.25) is 0 Å². The predicted octanol–water partition coefficient (Wildman–Crippen LogP) is 13.8. The van der Waals surface area contributed by atoms with Crippen LogP contribution in [0.2, 0.25) is 0 Å². The van der Waals surface area contributed by atoms with E-state index in [9.17, 15) is 0 Å². The van der Waals surface area contributed by atoms with Crippen LogP contribution in [0.25, 0.3) is 64.3 Å². The summed E-state index contributed by atoms with van der Waals surface area (Å²) in [5.74, 6) is -0.222. The van der Waals surface area contributed by atoms with Crippen LogP contribution >= 0.6 is 11.3 Å². The molecule has 0 amide bonds. The molecule has 0 fully saturated rings. The SMILES string of the molecule is Fc1ccccc1-c1cccc2cccc(-c3cccc(N(c4ccc(-c5ccccc5)cc4)c4cccc5sc6ccccc6c45)c3)c12. The van der Waals surface area contributed by atoms with Crippen molar-refractivity contribution in [3.05, 3.63) is 188 Å². The molecule has 0 spiro atoms. The summed E-state index contributed by atoms with van der Waals surface area (Å²) >= 11 is 1.83. The summed E-state index contributed by atoms with van der Waals surface area (Å²) in [6.45, 7) is 0. The molecule has 0 unspecified atom stereocenters. The van der Waals surface area contributed by atoms with Gasteiger partial charge in [-0.15, -0.1) is 11.3 Å². The second-order valence-electron chi connectivity index (χ2n) is 12.2. The zero-order valence-corrected chi connectivity index (χ0v) is 27.4. The number of fused-ring (bicyclic) bond motifs is 4. The molecule has 9 aromatic rings. The zero-order chi connectivity index (χ0) is 32.7. The van der Waals surface area contributed by atoms with Gasteiger partial charge in [0.1, 0.15) is 5.82 Å². The van der Waals surface area contributed by atoms with Crippen LogP contribution in [0.3, 0.4) is 0 Å². The quantitative estimate of drug-likeness (QED) is 0.174. The monoisotopic (exact) mass is 647 g/mol. The Balaban J connectivity index is 1.26. The Morgan fingerprint density at radius 1 is 0.408 bits per heavy atom. The first-order valence-electron chi connectivity index (χ1n) is 16.5. The lowest BCUT2D eigenvalue weighted by atomic mass is 9.91. The molecule has 1 aromatic heterocycles. The van der Waals surface area contributed by atoms with Crippen molar-refractivity contribution in [1.82, 2.24) is 0 Å². The van der Waals surface area contributed by atoms with E-state index in [1.165, 1.54) is 37.4 Å². The number of halogens is 1. The van der Waals surface area contributed by atoms with Crippen LogP contribution in [0.4, 0.5) is 21.5 Å². The lowest BCUT2D eigenvalue weighted by molar-refractivity contribution is 0.631. The first-order chi connectivity index (χ1) is 24.2. The molecule has 0 aliphatic carbocycles. The van der Waals surface area contributed by atoms with E-state index in [4.69, 9.17) is 0 Å². The third kappa shape index (κ3) is 5.16. The number of nitrogens with zero attached hydrogens (tertiary/aromatic N) is 1. The average molecular weight is 648 g/mol. The lowest BCUT2D eigenvalue weighted by Crippen LogP contribution is -2.10. The minimum absolute atomic E-state index is 0.222. The first-order valence-corrected chi connectivity index (χ1v) is 17.3. The number of hydrogen-bond donors (Lipinski definition) is 0. The largest absolute Gasteiger partial charge is 0.310 e. The topological polar surface area (TPSA) is 3.24 Å². The highest BCUT2D eigenvalue weighted by Crippen LogP contribution is 2.46. The third-order valence-electron chi connectivity index (χ3n) is 9.34. The van der Waals surface area contributed by atoms with Crippen LogP contribution in [0, 0.1) is 5.82 Å². The van der Waals surface area contributed by atoms with Crippen molar-refractivity contribution in [3.63, 3.8) is 0 Å². The fourth-order valence-corrected chi connectivity index (χ4v) is 8.23. The molecule has 0 atom stereocenters. The van der Waals surface area contributed by atoms with E-state index in [2.05, 4.69) is 144 Å². The second-order valence-corrected chi connectivity index (χ2v) is 13.3. The van der Waals surface area contributed by atoms with Crippen molar-refractivity contribution in [2.75, 3.05) is 4.90 Å². The van der Waals surface area contributed by atoms with Gasteiger partial charge in [0, 0.05) is 37.1 Å². The highest BCUT2D eigenvalue weighted by Gasteiger charge is 2.20. The van der Waals surface area contributed by atoms with Gasteiger partial charge in [-0.3, -0.25) is 0 Å². The van der Waals surface area contributed by atoms with Crippen LogP contribution in [0.15, 0.2) is 182 Å². The fraction of sp³-hybridized carbons (Fsp3) is 0. The first kappa shape index (κ1) is 29.1. The van der Waals surface area contributed by atoms with Crippen LogP contribution < -0.4 is 4.90 Å². The summed E-state index contributed by atoms with van der Waals surface area (Å²) < 4.78 is 17.8. The molecule has 0 aliphatic heterocycles. The average Bonchev–Trinajstić information content (AvgIpc) is 3.55. The molecule has 49 heavy (non-hydrogen) atoms. The van der Waals surface area contributed by atoms with Gasteiger partial charge in [0.05, 0.1) is 5.69 Å². The maximum atomic E-state index is 15.2. The second kappa shape index (κ2) is 12.2. The summed E-state index contributed by atoms with van der Waals surface area (Å²) in [5.41, 5.74) is 9.25. The Labute approximate surface area is 288 Å². The maximum absolute atomic E-state index is 15.2. The molecule has 9 rings (SSSR count). The van der Waals surface area contributed by atoms with Crippen molar-refractivity contribution in [3.8, 4) is 33.4 Å². The molecule has 1 nitrogen and oxygen atoms in total. The Bertz CT molecular complexity index is 2620. The van der Waals surface area contributed by atoms with Gasteiger partial charge < -0.3 is 4.90 Å². The highest BCUT2D eigenvalue weighted by molar-refractivity contribution is 7.26. The van der Waals surface area contributed by atoms with E-state index in [1.807, 2.05) is 41.7 Å². The number of rotatable bonds is 6. The summed E-state index contributed by atoms with van der Waals surface area (Å²) in [5, 5.41) is 4.61. The molecule has 0 saturated carbocycles. The summed E-state index contributed by atoms with van der Waals surface area (Å²) in [7, 11) is 0. The standard InChI is InChI=1S/C46H30FNS/c47-41-22-6-4-18-38(41)39-21-10-15-33-14-9-20-37(45(33)39)34-16-8-17-36(30-34)48(35-28-26-32(27-29-35)31-12-2-1-3-13-31)42-23-11-25-44-46(42)40-19-5-7-24-43(40)49-44/h1-30H. The van der Waals surface area contributed by atoms with Crippen molar-refractivity contribution >= 4 is 59.3 Å². The fourth-order valence-electron chi connectivity index (χ4n) is 7.10. The molecular weight excluding hydrogens is 618 g/mol. The van der Waals surface area contributed by atoms with Gasteiger partial charge in [-0.2, -0.15) is 0 Å². The van der Waals surface area contributed by atoms with Crippen LogP contribution in [0.5, 0.6) is 0 Å². The van der Waals surface area contributed by atoms with Crippen LogP contribution in [-0.4, -0.2) is 0 Å². The molecular formula is C46H30FNS. The van der Waals surface area contributed by atoms with Gasteiger partial charge in [-0.1, -0.05) is 133 Å². The van der Waals surface area contributed by atoms with E-state index in [1.54, 1.807) is 6.07 Å². The molecule has 8 aromatic carbocycles. The molecule has 3 heteroatoms. The van der Waals surface area contributed by atoms with Crippen molar-refractivity contribution in [1.29, 1.82) is 0 Å². The van der Waals surface area contributed by atoms with E-state index < -0.39 is 0 Å². The maximum Gasteiger partial charge on any atom is 0.131 e. The van der Waals surface area contributed by atoms with Gasteiger partial charge in [-0.05, 0) is 87.1 Å². The van der Waals surface area contributed by atoms with Gasteiger partial charge in [0.25, 0.3) is 0 Å². The molecule has 0 N–H and O–H groups in total. The zero-order valence-electron chi connectivity index (χ0n) is 26.6. The van der Waals surface area contributed by atoms with Gasteiger partial charge in [-0.25, -0.2) is 4.39 Å². The van der Waals surface area contributed by atoms with Gasteiger partial charge >= 0.3 is 0 Å². The lowest BCUT2D eigenvalue weighted by Gasteiger charge is -2.27. The number of hydrogen-bond acceptors (Lipinski definition) is 2. The molecule has 232 valence electrons. The minimum atomic E-state index is -0.222. The minimum Gasteiger partial charge on any atom is -0.310 e. The molecule has 0 aliphatic rings. The van der Waals surface area contributed by atoms with E-state index in [0.29, 0.717) is 5.56 Å². The predicted molar refractivity (Wildman–Crippen MR) is 208 cm³/mol. The number of benzene rings is 8. The Morgan fingerprint density at radius 3 is 1.88 bits per heavy atom. The summed E-state index contributed by atoms with van der Waals surface area (Å²) in [6, 6.07) is 62.9. The number of anilines is 3. The van der Waals surface area contributed by atoms with Crippen molar-refractivity contribution in [2.45, 2.75) is 0 Å². The molecule has 0 radical (unpaired) electrons. The van der Waals surface area contributed by atoms with E-state index >= 15 is 4.39 Å². The molecule has 0 bridgehead atoms. The van der Waals surface area contributed by atoms with E-state index in [0.717, 1.165) is 44.5 Å². The van der Waals surface area contributed by atoms with Crippen molar-refractivity contribution < 1.29 is 4.39 Å². The summed E-state index contributed by atoms with van der Waals surface area (Å²) in [4.78, 5) is 2.38. The Hall–Kier alpha value is -6.03. The summed E-state index contributed by atoms with van der Waals surface area (Å²) in [6.07, 6.45) is 0. The number of thiophene rings is 1. The molecule has 0 saturated heterocycles. The third-order valence-corrected chi connectivity index (χ3v) is 10.5. The van der Waals surface area contributed by atoms with Gasteiger partial charge in [0.15, 0.2) is 0 Å². The van der Waals surface area contributed by atoms with Crippen molar-refractivity contribution in [2.24, 2.45) is 0 Å². The Kier molecular flexibility index (Phi) is 7.26. The normalized spacial score (nSPS) is 11.4. The smallest absolute Gasteiger partial charge is 0.131 e. The van der Waals surface area contributed by atoms with Crippen LogP contribution in [-0.2, 0) is 0 Å². The highest BCUT2D eigenvalue weighted by atomic mass is 32.1. The van der Waals surface area contributed by atoms with E-state index in [-0.39, 0.29) is 5.82 Å². The molecule has 1 heterocycles.